The predicted molar refractivity (Wildman–Crippen MR) is 89.0 cm³/mol. The molecular formula is C19H30O2. The van der Waals surface area contributed by atoms with Crippen LogP contribution in [0.4, 0.5) is 0 Å². The number of hydrogen-bond acceptors (Lipinski definition) is 2. The molecule has 0 aliphatic heterocycles. The minimum Gasteiger partial charge on any atom is -0.463 e. The molecule has 0 saturated carbocycles. The molecule has 0 N–H and O–H groups in total. The fraction of sp³-hybridized carbons (Fsp3) is 0.632. The van der Waals surface area contributed by atoms with E-state index in [0.717, 1.165) is 18.4 Å². The first kappa shape index (κ1) is 17.7. The van der Waals surface area contributed by atoms with Gasteiger partial charge in [-0.2, -0.15) is 0 Å². The lowest BCUT2D eigenvalue weighted by Crippen LogP contribution is -2.12. The minimum absolute atomic E-state index is 0.0641. The summed E-state index contributed by atoms with van der Waals surface area (Å²) in [6.07, 6.45) is 8.02. The Kier molecular flexibility index (Phi) is 5.61. The lowest BCUT2D eigenvalue weighted by molar-refractivity contribution is -0.137. The molecule has 118 valence electrons. The Balaban J connectivity index is 3.17. The van der Waals surface area contributed by atoms with Crippen molar-refractivity contribution in [2.75, 3.05) is 6.61 Å². The van der Waals surface area contributed by atoms with E-state index < -0.39 is 0 Å². The first-order valence-electron chi connectivity index (χ1n) is 7.84. The smallest absolute Gasteiger partial charge is 0.331 e. The molecule has 0 radical (unpaired) electrons. The van der Waals surface area contributed by atoms with Gasteiger partial charge in [-0.15, -0.1) is 0 Å². The van der Waals surface area contributed by atoms with Crippen LogP contribution >= 0.6 is 0 Å². The highest BCUT2D eigenvalue weighted by Gasteiger charge is 2.24. The van der Waals surface area contributed by atoms with Crippen LogP contribution in [-0.4, -0.2) is 12.6 Å². The zero-order chi connectivity index (χ0) is 16.3. The molecule has 0 aromatic carbocycles. The molecule has 0 saturated heterocycles. The van der Waals surface area contributed by atoms with Gasteiger partial charge in [0.15, 0.2) is 0 Å². The van der Waals surface area contributed by atoms with Gasteiger partial charge in [0, 0.05) is 6.08 Å². The van der Waals surface area contributed by atoms with Crippen molar-refractivity contribution in [3.63, 3.8) is 0 Å². The van der Waals surface area contributed by atoms with Crippen molar-refractivity contribution >= 4 is 5.97 Å². The molecule has 1 aliphatic carbocycles. The predicted octanol–water partition coefficient (Wildman–Crippen LogP) is 5.21. The molecule has 0 fully saturated rings. The quantitative estimate of drug-likeness (QED) is 0.515. The third-order valence-corrected chi connectivity index (χ3v) is 3.77. The van der Waals surface area contributed by atoms with Gasteiger partial charge in [-0.05, 0) is 41.7 Å². The van der Waals surface area contributed by atoms with Crippen LogP contribution in [-0.2, 0) is 9.53 Å². The van der Waals surface area contributed by atoms with Gasteiger partial charge >= 0.3 is 5.97 Å². The maximum absolute atomic E-state index is 11.7. The third-order valence-electron chi connectivity index (χ3n) is 3.77. The number of hydrogen-bond donors (Lipinski definition) is 0. The first-order valence-corrected chi connectivity index (χ1v) is 7.84. The average Bonchev–Trinajstić information content (AvgIpc) is 2.50. The molecule has 1 rings (SSSR count). The van der Waals surface area contributed by atoms with Crippen molar-refractivity contribution in [1.29, 1.82) is 0 Å². The van der Waals surface area contributed by atoms with Crippen LogP contribution in [0.1, 0.15) is 61.3 Å². The van der Waals surface area contributed by atoms with Crippen molar-refractivity contribution in [3.8, 4) is 0 Å². The Bertz CT molecular complexity index is 477. The molecule has 0 heterocycles. The summed E-state index contributed by atoms with van der Waals surface area (Å²) in [7, 11) is 0. The molecule has 1 aliphatic rings. The van der Waals surface area contributed by atoms with Gasteiger partial charge in [0.2, 0.25) is 0 Å². The largest absolute Gasteiger partial charge is 0.463 e. The van der Waals surface area contributed by atoms with Crippen LogP contribution in [0, 0.1) is 10.8 Å². The summed E-state index contributed by atoms with van der Waals surface area (Å²) < 4.78 is 5.04. The number of allylic oxidation sites excluding steroid dienone is 5. The lowest BCUT2D eigenvalue weighted by atomic mass is 9.80. The second-order valence-corrected chi connectivity index (χ2v) is 7.74. The highest BCUT2D eigenvalue weighted by molar-refractivity contribution is 5.83. The lowest BCUT2D eigenvalue weighted by Gasteiger charge is -2.25. The molecule has 0 bridgehead atoms. The van der Waals surface area contributed by atoms with E-state index in [2.05, 4.69) is 53.7 Å². The summed E-state index contributed by atoms with van der Waals surface area (Å²) in [6, 6.07) is 0. The van der Waals surface area contributed by atoms with E-state index in [1.807, 2.05) is 6.92 Å². The summed E-state index contributed by atoms with van der Waals surface area (Å²) in [5.74, 6) is -0.240. The van der Waals surface area contributed by atoms with E-state index in [9.17, 15) is 4.79 Å². The number of carbonyl (C=O) groups is 1. The molecule has 0 spiro atoms. The Hall–Kier alpha value is -1.31. The van der Waals surface area contributed by atoms with Crippen LogP contribution < -0.4 is 0 Å². The first-order chi connectivity index (χ1) is 9.54. The van der Waals surface area contributed by atoms with E-state index in [0.29, 0.717) is 6.61 Å². The van der Waals surface area contributed by atoms with Gasteiger partial charge in [-0.1, -0.05) is 59.3 Å². The Labute approximate surface area is 130 Å². The highest BCUT2D eigenvalue weighted by atomic mass is 16.5. The summed E-state index contributed by atoms with van der Waals surface area (Å²) >= 11 is 0. The average molecular weight is 290 g/mol. The molecule has 2 nitrogen and oxygen atoms in total. The second kappa shape index (κ2) is 6.64. The van der Waals surface area contributed by atoms with Crippen molar-refractivity contribution < 1.29 is 9.53 Å². The van der Waals surface area contributed by atoms with Gasteiger partial charge in [0.1, 0.15) is 0 Å². The van der Waals surface area contributed by atoms with Gasteiger partial charge in [-0.3, -0.25) is 0 Å². The molecule has 2 heteroatoms. The minimum atomic E-state index is -0.240. The molecule has 21 heavy (non-hydrogen) atoms. The van der Waals surface area contributed by atoms with Crippen LogP contribution in [0.15, 0.2) is 34.9 Å². The van der Waals surface area contributed by atoms with Crippen molar-refractivity contribution in [2.45, 2.75) is 61.3 Å². The standard InChI is InChI=1S/C19H30O2/c1-8-21-17(20)12-14-9-10-15(18(2,3)4)13-16(11-14)19(5,6)7/h11-13H,8-10H2,1-7H3/b14-12-. The Morgan fingerprint density at radius 3 is 2.19 bits per heavy atom. The van der Waals surface area contributed by atoms with Gasteiger partial charge in [0.05, 0.1) is 6.61 Å². The van der Waals surface area contributed by atoms with Gasteiger partial charge < -0.3 is 4.74 Å². The number of rotatable bonds is 2. The second-order valence-electron chi connectivity index (χ2n) is 7.74. The number of carbonyl (C=O) groups excluding carboxylic acids is 1. The maximum Gasteiger partial charge on any atom is 0.331 e. The fourth-order valence-electron chi connectivity index (χ4n) is 2.33. The number of ether oxygens (including phenoxy) is 1. The molecule has 0 aromatic heterocycles. The Morgan fingerprint density at radius 1 is 1.10 bits per heavy atom. The van der Waals surface area contributed by atoms with Gasteiger partial charge in [-0.25, -0.2) is 4.79 Å². The fourth-order valence-corrected chi connectivity index (χ4v) is 2.33. The molecule has 0 amide bonds. The number of esters is 1. The summed E-state index contributed by atoms with van der Waals surface area (Å²) in [6.45, 7) is 15.6. The van der Waals surface area contributed by atoms with E-state index >= 15 is 0 Å². The topological polar surface area (TPSA) is 26.3 Å². The summed E-state index contributed by atoms with van der Waals surface area (Å²) in [4.78, 5) is 11.7. The highest BCUT2D eigenvalue weighted by Crippen LogP contribution is 2.38. The molecule has 0 unspecified atom stereocenters. The zero-order valence-corrected chi connectivity index (χ0v) is 14.7. The SMILES string of the molecule is CCOC(=O)/C=C1\C=C(C(C)(C)C)C=C(C(C)(C)C)CC1. The molecule has 0 atom stereocenters. The van der Waals surface area contributed by atoms with Crippen LogP contribution in [0.5, 0.6) is 0 Å². The summed E-state index contributed by atoms with van der Waals surface area (Å²) in [5.41, 5.74) is 4.00. The zero-order valence-electron chi connectivity index (χ0n) is 14.7. The van der Waals surface area contributed by atoms with Crippen LogP contribution in [0.25, 0.3) is 0 Å². The van der Waals surface area contributed by atoms with E-state index in [4.69, 9.17) is 4.74 Å². The Morgan fingerprint density at radius 2 is 1.71 bits per heavy atom. The van der Waals surface area contributed by atoms with E-state index in [1.54, 1.807) is 6.08 Å². The van der Waals surface area contributed by atoms with Crippen molar-refractivity contribution in [3.05, 3.63) is 34.9 Å². The third kappa shape index (κ3) is 5.53. The van der Waals surface area contributed by atoms with Crippen LogP contribution in [0.3, 0.4) is 0 Å². The van der Waals surface area contributed by atoms with Crippen LogP contribution in [0.2, 0.25) is 0 Å². The maximum atomic E-state index is 11.7. The monoisotopic (exact) mass is 290 g/mol. The normalized spacial score (nSPS) is 18.9. The van der Waals surface area contributed by atoms with Crippen molar-refractivity contribution in [2.24, 2.45) is 10.8 Å². The van der Waals surface area contributed by atoms with Crippen molar-refractivity contribution in [1.82, 2.24) is 0 Å². The van der Waals surface area contributed by atoms with Gasteiger partial charge in [0.25, 0.3) is 0 Å². The molecule has 0 aromatic rings. The van der Waals surface area contributed by atoms with E-state index in [1.165, 1.54) is 11.1 Å². The van der Waals surface area contributed by atoms with E-state index in [-0.39, 0.29) is 16.8 Å². The molecular weight excluding hydrogens is 260 g/mol. The summed E-state index contributed by atoms with van der Waals surface area (Å²) in [5, 5.41) is 0.